The Morgan fingerprint density at radius 2 is 1.50 bits per heavy atom. The summed E-state index contributed by atoms with van der Waals surface area (Å²) in [7, 11) is 0. The van der Waals surface area contributed by atoms with Gasteiger partial charge in [0.05, 0.1) is 0 Å². The molecule has 0 unspecified atom stereocenters. The summed E-state index contributed by atoms with van der Waals surface area (Å²) in [6, 6.07) is 16.5. The van der Waals surface area contributed by atoms with Gasteiger partial charge in [0, 0.05) is 21.2 Å². The normalized spacial score (nSPS) is 10.1. The van der Waals surface area contributed by atoms with E-state index in [4.69, 9.17) is 0 Å². The highest BCUT2D eigenvalue weighted by molar-refractivity contribution is 9.11. The molecule has 1 nitrogen and oxygen atoms in total. The maximum absolute atomic E-state index is 3.48. The summed E-state index contributed by atoms with van der Waals surface area (Å²) in [4.78, 5) is 0. The van der Waals surface area contributed by atoms with Crippen LogP contribution in [0, 0.1) is 0 Å². The second-order valence-corrected chi connectivity index (χ2v) is 5.33. The molecule has 0 aliphatic rings. The van der Waals surface area contributed by atoms with E-state index in [-0.39, 0.29) is 0 Å². The van der Waals surface area contributed by atoms with Crippen LogP contribution < -0.4 is 5.32 Å². The van der Waals surface area contributed by atoms with E-state index < -0.39 is 0 Å². The monoisotopic (exact) mass is 339 g/mol. The Kier molecular flexibility index (Phi) is 4.02. The first-order valence-corrected chi connectivity index (χ1v) is 6.56. The van der Waals surface area contributed by atoms with Crippen LogP contribution in [0.2, 0.25) is 0 Å². The lowest BCUT2D eigenvalue weighted by Gasteiger charge is -2.07. The summed E-state index contributed by atoms with van der Waals surface area (Å²) in [6.45, 7) is 0.821. The molecule has 0 radical (unpaired) electrons. The van der Waals surface area contributed by atoms with Gasteiger partial charge in [-0.05, 0) is 35.9 Å². The predicted molar refractivity (Wildman–Crippen MR) is 75.6 cm³/mol. The number of halogens is 2. The van der Waals surface area contributed by atoms with Gasteiger partial charge in [-0.25, -0.2) is 0 Å². The molecule has 0 spiro atoms. The molecule has 0 atom stereocenters. The maximum atomic E-state index is 3.48. The molecule has 1 N–H and O–H groups in total. The third-order valence-corrected chi connectivity index (χ3v) is 3.11. The minimum atomic E-state index is 0.821. The van der Waals surface area contributed by atoms with Crippen molar-refractivity contribution in [1.82, 2.24) is 0 Å². The second kappa shape index (κ2) is 5.51. The molecule has 0 aliphatic heterocycles. The average molecular weight is 341 g/mol. The minimum Gasteiger partial charge on any atom is -0.381 e. The van der Waals surface area contributed by atoms with Gasteiger partial charge in [-0.2, -0.15) is 0 Å². The van der Waals surface area contributed by atoms with Crippen LogP contribution in [0.4, 0.5) is 5.69 Å². The van der Waals surface area contributed by atoms with Crippen LogP contribution in [-0.4, -0.2) is 0 Å². The van der Waals surface area contributed by atoms with Crippen LogP contribution in [0.5, 0.6) is 0 Å². The Hall–Kier alpha value is -0.800. The summed E-state index contributed by atoms with van der Waals surface area (Å²) in [5.41, 5.74) is 2.38. The fourth-order valence-corrected chi connectivity index (χ4v) is 2.86. The Labute approximate surface area is 112 Å². The summed E-state index contributed by atoms with van der Waals surface area (Å²) in [5, 5.41) is 3.37. The summed E-state index contributed by atoms with van der Waals surface area (Å²) >= 11 is 6.96. The lowest BCUT2D eigenvalue weighted by molar-refractivity contribution is 1.14. The highest BCUT2D eigenvalue weighted by Gasteiger charge is 1.97. The third-order valence-electron chi connectivity index (χ3n) is 2.19. The van der Waals surface area contributed by atoms with Crippen molar-refractivity contribution in [2.75, 3.05) is 5.32 Å². The van der Waals surface area contributed by atoms with Crippen molar-refractivity contribution >= 4 is 37.5 Å². The van der Waals surface area contributed by atoms with Crippen molar-refractivity contribution < 1.29 is 0 Å². The van der Waals surface area contributed by atoms with Gasteiger partial charge >= 0.3 is 0 Å². The molecule has 0 aromatic heterocycles. The van der Waals surface area contributed by atoms with Gasteiger partial charge in [0.15, 0.2) is 0 Å². The van der Waals surface area contributed by atoms with Gasteiger partial charge < -0.3 is 5.32 Å². The Morgan fingerprint density at radius 1 is 0.875 bits per heavy atom. The summed E-state index contributed by atoms with van der Waals surface area (Å²) < 4.78 is 2.18. The number of hydrogen-bond acceptors (Lipinski definition) is 1. The van der Waals surface area contributed by atoms with Gasteiger partial charge in [0.25, 0.3) is 0 Å². The van der Waals surface area contributed by atoms with Gasteiger partial charge in [0.1, 0.15) is 0 Å². The average Bonchev–Trinajstić information content (AvgIpc) is 2.27. The number of anilines is 1. The lowest BCUT2D eigenvalue weighted by atomic mass is 10.2. The van der Waals surface area contributed by atoms with Crippen molar-refractivity contribution in [3.63, 3.8) is 0 Å². The number of hydrogen-bond donors (Lipinski definition) is 1. The fraction of sp³-hybridized carbons (Fsp3) is 0.0769. The number of benzene rings is 2. The molecule has 3 heteroatoms. The number of rotatable bonds is 3. The summed E-state index contributed by atoms with van der Waals surface area (Å²) in [5.74, 6) is 0. The molecule has 0 amide bonds. The molecule has 2 aromatic rings. The van der Waals surface area contributed by atoms with Crippen molar-refractivity contribution in [2.24, 2.45) is 0 Å². The van der Waals surface area contributed by atoms with E-state index in [0.717, 1.165) is 21.2 Å². The fourth-order valence-electron chi connectivity index (χ4n) is 1.47. The van der Waals surface area contributed by atoms with Crippen LogP contribution in [-0.2, 0) is 6.54 Å². The zero-order chi connectivity index (χ0) is 11.4. The molecular formula is C13H11Br2N. The summed E-state index contributed by atoms with van der Waals surface area (Å²) in [6.07, 6.45) is 0. The van der Waals surface area contributed by atoms with Crippen molar-refractivity contribution in [3.8, 4) is 0 Å². The van der Waals surface area contributed by atoms with E-state index in [9.17, 15) is 0 Å². The van der Waals surface area contributed by atoms with E-state index in [2.05, 4.69) is 61.4 Å². The smallest absolute Gasteiger partial charge is 0.0401 e. The SMILES string of the molecule is Brc1cc(Br)cc(CNc2ccccc2)c1. The van der Waals surface area contributed by atoms with E-state index in [1.165, 1.54) is 5.56 Å². The molecule has 0 aliphatic carbocycles. The van der Waals surface area contributed by atoms with Crippen molar-refractivity contribution in [3.05, 3.63) is 63.0 Å². The predicted octanol–water partition coefficient (Wildman–Crippen LogP) is 4.82. The molecule has 16 heavy (non-hydrogen) atoms. The largest absolute Gasteiger partial charge is 0.381 e. The van der Waals surface area contributed by atoms with Crippen LogP contribution in [0.1, 0.15) is 5.56 Å². The second-order valence-electron chi connectivity index (χ2n) is 3.50. The quantitative estimate of drug-likeness (QED) is 0.844. The van der Waals surface area contributed by atoms with E-state index in [1.807, 2.05) is 24.3 Å². The Balaban J connectivity index is 2.05. The third kappa shape index (κ3) is 3.35. The van der Waals surface area contributed by atoms with Crippen molar-refractivity contribution in [1.29, 1.82) is 0 Å². The first-order valence-electron chi connectivity index (χ1n) is 4.98. The highest BCUT2D eigenvalue weighted by atomic mass is 79.9. The zero-order valence-corrected chi connectivity index (χ0v) is 11.8. The lowest BCUT2D eigenvalue weighted by Crippen LogP contribution is -1.98. The molecule has 0 heterocycles. The topological polar surface area (TPSA) is 12.0 Å². The van der Waals surface area contributed by atoms with Crippen LogP contribution >= 0.6 is 31.9 Å². The van der Waals surface area contributed by atoms with E-state index in [0.29, 0.717) is 0 Å². The Bertz CT molecular complexity index is 448. The van der Waals surface area contributed by atoms with Crippen LogP contribution in [0.15, 0.2) is 57.5 Å². The van der Waals surface area contributed by atoms with Gasteiger partial charge in [-0.15, -0.1) is 0 Å². The zero-order valence-electron chi connectivity index (χ0n) is 8.58. The molecule has 2 aromatic carbocycles. The standard InChI is InChI=1S/C13H11Br2N/c14-11-6-10(7-12(15)8-11)9-16-13-4-2-1-3-5-13/h1-8,16H,9H2. The van der Waals surface area contributed by atoms with Gasteiger partial charge in [0.2, 0.25) is 0 Å². The highest BCUT2D eigenvalue weighted by Crippen LogP contribution is 2.20. The molecular weight excluding hydrogens is 330 g/mol. The first kappa shape index (κ1) is 11.7. The van der Waals surface area contributed by atoms with Gasteiger partial charge in [-0.3, -0.25) is 0 Å². The first-order chi connectivity index (χ1) is 7.74. The molecule has 0 bridgehead atoms. The molecule has 0 fully saturated rings. The maximum Gasteiger partial charge on any atom is 0.0401 e. The van der Waals surface area contributed by atoms with Crippen LogP contribution in [0.25, 0.3) is 0 Å². The molecule has 2 rings (SSSR count). The van der Waals surface area contributed by atoms with E-state index in [1.54, 1.807) is 0 Å². The number of para-hydroxylation sites is 1. The van der Waals surface area contributed by atoms with Gasteiger partial charge in [-0.1, -0.05) is 50.1 Å². The molecule has 82 valence electrons. The molecule has 0 saturated carbocycles. The number of nitrogens with one attached hydrogen (secondary N) is 1. The van der Waals surface area contributed by atoms with E-state index >= 15 is 0 Å². The molecule has 0 saturated heterocycles. The van der Waals surface area contributed by atoms with Crippen molar-refractivity contribution in [2.45, 2.75) is 6.54 Å². The Morgan fingerprint density at radius 3 is 2.12 bits per heavy atom. The van der Waals surface area contributed by atoms with Crippen LogP contribution in [0.3, 0.4) is 0 Å². The minimum absolute atomic E-state index is 0.821.